The Labute approximate surface area is 386 Å². The molecule has 0 bridgehead atoms. The van der Waals surface area contributed by atoms with Gasteiger partial charge >= 0.3 is 23.5 Å². The molecule has 16 heteroatoms. The Morgan fingerprint density at radius 2 is 1.61 bits per heavy atom. The average molecular weight is 912 g/mol. The molecule has 0 aliphatic heterocycles. The van der Waals surface area contributed by atoms with E-state index in [2.05, 4.69) is 80.6 Å². The highest BCUT2D eigenvalue weighted by molar-refractivity contribution is 5.97. The van der Waals surface area contributed by atoms with E-state index in [0.717, 1.165) is 32.1 Å². The van der Waals surface area contributed by atoms with Crippen molar-refractivity contribution in [3.63, 3.8) is 0 Å². The number of nitrogens with zero attached hydrogens (tertiary/aromatic N) is 4. The zero-order chi connectivity index (χ0) is 47.9. The number of H-pyrrole nitrogens is 1. The third-order valence-electron chi connectivity index (χ3n) is 19.1. The summed E-state index contributed by atoms with van der Waals surface area (Å²) in [4.78, 5) is 86.3. The van der Waals surface area contributed by atoms with Crippen molar-refractivity contribution in [1.82, 2.24) is 25.3 Å². The van der Waals surface area contributed by atoms with Crippen LogP contribution in [0.25, 0.3) is 11.2 Å². The van der Waals surface area contributed by atoms with Gasteiger partial charge in [0.25, 0.3) is 5.91 Å². The van der Waals surface area contributed by atoms with Crippen molar-refractivity contribution < 1.29 is 39.3 Å². The summed E-state index contributed by atoms with van der Waals surface area (Å²) >= 11 is 0. The van der Waals surface area contributed by atoms with Crippen LogP contribution in [0.1, 0.15) is 148 Å². The molecule has 1 amide bonds. The molecule has 2 aromatic heterocycles. The van der Waals surface area contributed by atoms with Gasteiger partial charge in [-0.25, -0.2) is 24.6 Å². The summed E-state index contributed by atoms with van der Waals surface area (Å²) in [6.45, 7) is 19.0. The number of carbonyl (C=O) groups excluding carboxylic acids is 2. The molecule has 5 fully saturated rings. The van der Waals surface area contributed by atoms with Gasteiger partial charge in [-0.3, -0.25) is 14.4 Å². The fourth-order valence-corrected chi connectivity index (χ4v) is 15.1. The Kier molecular flexibility index (Phi) is 11.9. The van der Waals surface area contributed by atoms with Crippen LogP contribution < -0.4 is 21.7 Å². The number of carboxylic acid groups (broad SMARTS) is 2. The van der Waals surface area contributed by atoms with Crippen molar-refractivity contribution in [2.75, 3.05) is 10.8 Å². The molecule has 1 unspecified atom stereocenters. The standard InChI is InChI=1S/C50H69N7O9/c1-27-17-19-46(5)22-23-47(6)32(37(46)28(27)2)13-15-35-48(47,7)20-18-34-45(3,4)21-24-50(65,49(34,35)8)43(64)66-57(26-30-25-52-39-38(53-30)41(61)56-44(51)55-39)31-11-9-29(10-12-31)40(60)54-33(42(62)63)14-16-36(58)59/h9-12,25,27-28,32-35,37,65H,13-24,26H2,1-8H3,(H,54,60)(H,58,59)(H,62,63)(H3,51,52,55,56,61)/t27-,28+,32-,33+,34+,35+,37+,46-,47-,48-,49+,50?/m1/s1. The van der Waals surface area contributed by atoms with Gasteiger partial charge in [-0.2, -0.15) is 4.98 Å². The van der Waals surface area contributed by atoms with Crippen LogP contribution in [0.2, 0.25) is 0 Å². The van der Waals surface area contributed by atoms with Crippen LogP contribution in [0, 0.1) is 62.6 Å². The molecule has 5 aliphatic carbocycles. The number of amides is 1. The minimum atomic E-state index is -1.90. The number of aliphatic hydroxyl groups is 1. The average Bonchev–Trinajstić information content (AvgIpc) is 3.25. The maximum atomic E-state index is 15.4. The van der Waals surface area contributed by atoms with Gasteiger partial charge in [0.2, 0.25) is 5.95 Å². The Hall–Kier alpha value is -5.12. The van der Waals surface area contributed by atoms with E-state index in [9.17, 15) is 29.4 Å². The molecule has 0 saturated heterocycles. The number of anilines is 2. The molecule has 3 aromatic rings. The van der Waals surface area contributed by atoms with E-state index < -0.39 is 52.9 Å². The first-order valence-electron chi connectivity index (χ1n) is 24.0. The highest BCUT2D eigenvalue weighted by Gasteiger charge is 2.75. The van der Waals surface area contributed by atoms with E-state index in [0.29, 0.717) is 35.5 Å². The number of hydroxylamine groups is 1. The molecule has 1 aromatic carbocycles. The van der Waals surface area contributed by atoms with Gasteiger partial charge in [0.1, 0.15) is 12.6 Å². The molecular formula is C50H69N7O9. The van der Waals surface area contributed by atoms with Crippen LogP contribution in [0.15, 0.2) is 35.3 Å². The number of carboxylic acids is 2. The number of hydrogen-bond donors (Lipinski definition) is 6. The van der Waals surface area contributed by atoms with Crippen molar-refractivity contribution >= 4 is 46.6 Å². The maximum Gasteiger partial charge on any atom is 0.364 e. The fourth-order valence-electron chi connectivity index (χ4n) is 15.1. The lowest BCUT2D eigenvalue weighted by molar-refractivity contribution is -0.292. The van der Waals surface area contributed by atoms with Gasteiger partial charge < -0.3 is 36.2 Å². The summed E-state index contributed by atoms with van der Waals surface area (Å²) in [6.07, 6.45) is 10.2. The van der Waals surface area contributed by atoms with E-state index in [4.69, 9.17) is 15.7 Å². The van der Waals surface area contributed by atoms with Crippen molar-refractivity contribution in [1.29, 1.82) is 0 Å². The number of nitrogen functional groups attached to an aromatic ring is 1. The molecule has 358 valence electrons. The normalized spacial score (nSPS) is 36.1. The largest absolute Gasteiger partial charge is 0.481 e. The molecule has 0 radical (unpaired) electrons. The van der Waals surface area contributed by atoms with Crippen LogP contribution in [-0.2, 0) is 25.8 Å². The second-order valence-corrected chi connectivity index (χ2v) is 22.6. The van der Waals surface area contributed by atoms with Gasteiger partial charge in [-0.05, 0) is 152 Å². The highest BCUT2D eigenvalue weighted by Crippen LogP contribution is 2.78. The van der Waals surface area contributed by atoms with Gasteiger partial charge in [0.15, 0.2) is 16.8 Å². The molecule has 2 heterocycles. The molecule has 16 nitrogen and oxygen atoms in total. The number of nitrogens with two attached hydrogens (primary N) is 1. The second kappa shape index (κ2) is 16.6. The van der Waals surface area contributed by atoms with Gasteiger partial charge in [0, 0.05) is 17.4 Å². The van der Waals surface area contributed by atoms with Crippen molar-refractivity contribution in [2.45, 2.75) is 151 Å². The smallest absolute Gasteiger partial charge is 0.364 e. The van der Waals surface area contributed by atoms with E-state index in [1.807, 2.05) is 0 Å². The number of nitrogens with one attached hydrogen (secondary N) is 2. The minimum absolute atomic E-state index is 0.0126. The Balaban J connectivity index is 1.14. The van der Waals surface area contributed by atoms with Crippen LogP contribution in [0.3, 0.4) is 0 Å². The van der Waals surface area contributed by atoms with E-state index in [-0.39, 0.29) is 81.5 Å². The summed E-state index contributed by atoms with van der Waals surface area (Å²) in [7, 11) is 0. The first kappa shape index (κ1) is 47.4. The third kappa shape index (κ3) is 7.53. The molecule has 0 spiro atoms. The molecule has 12 atom stereocenters. The number of aromatic nitrogens is 4. The number of aliphatic carboxylic acids is 2. The number of aromatic amines is 1. The van der Waals surface area contributed by atoms with Crippen molar-refractivity contribution in [3.05, 3.63) is 52.1 Å². The zero-order valence-corrected chi connectivity index (χ0v) is 39.8. The number of benzene rings is 1. The van der Waals surface area contributed by atoms with Gasteiger partial charge in [0.05, 0.1) is 17.6 Å². The molecule has 8 rings (SSSR count). The summed E-state index contributed by atoms with van der Waals surface area (Å²) in [6, 6.07) is 4.44. The van der Waals surface area contributed by atoms with Crippen LogP contribution in [-0.4, -0.2) is 70.7 Å². The van der Waals surface area contributed by atoms with Gasteiger partial charge in [-0.15, -0.1) is 0 Å². The Bertz CT molecular complexity index is 2480. The van der Waals surface area contributed by atoms with E-state index in [1.54, 1.807) is 0 Å². The Morgan fingerprint density at radius 3 is 2.29 bits per heavy atom. The summed E-state index contributed by atoms with van der Waals surface area (Å²) in [5.41, 5.74) is 2.94. The predicted molar refractivity (Wildman–Crippen MR) is 246 cm³/mol. The fraction of sp³-hybridized carbons (Fsp3) is 0.680. The molecular weight excluding hydrogens is 843 g/mol. The lowest BCUT2D eigenvalue weighted by Crippen LogP contribution is -2.73. The SMILES string of the molecule is C[C@@H]1[C@H]2[C@H]3CC[C@@H]4[C@]5(C)[C@@H](CC[C@@]4(C)[C@]3(C)CC[C@@]2(C)CC[C@H]1C)C(C)(C)CCC5(O)C(=O)ON(Cc1cnc2[nH]c(N)nc(=O)c2n1)c1ccc(C(=O)N[C@@H](CCC(=O)O)C(=O)O)cc1. The quantitative estimate of drug-likeness (QED) is 0.103. The molecule has 7 N–H and O–H groups in total. The van der Waals surface area contributed by atoms with E-state index >= 15 is 4.79 Å². The maximum absolute atomic E-state index is 15.4. The topological polar surface area (TPSA) is 251 Å². The second-order valence-electron chi connectivity index (χ2n) is 22.6. The van der Waals surface area contributed by atoms with Crippen LogP contribution >= 0.6 is 0 Å². The highest BCUT2D eigenvalue weighted by atomic mass is 16.7. The third-order valence-corrected chi connectivity index (χ3v) is 19.1. The van der Waals surface area contributed by atoms with Crippen molar-refractivity contribution in [2.24, 2.45) is 62.6 Å². The summed E-state index contributed by atoms with van der Waals surface area (Å²) in [5.74, 6) is -1.70. The molecule has 5 saturated carbocycles. The minimum Gasteiger partial charge on any atom is -0.481 e. The molecule has 5 aliphatic rings. The van der Waals surface area contributed by atoms with E-state index in [1.165, 1.54) is 54.8 Å². The monoisotopic (exact) mass is 912 g/mol. The van der Waals surface area contributed by atoms with Crippen LogP contribution in [0.4, 0.5) is 11.6 Å². The van der Waals surface area contributed by atoms with Crippen LogP contribution in [0.5, 0.6) is 0 Å². The number of carbonyl (C=O) groups is 4. The Morgan fingerprint density at radius 1 is 0.894 bits per heavy atom. The first-order valence-corrected chi connectivity index (χ1v) is 24.0. The van der Waals surface area contributed by atoms with Crippen molar-refractivity contribution in [3.8, 4) is 0 Å². The summed E-state index contributed by atoms with van der Waals surface area (Å²) < 4.78 is 0. The number of hydrogen-bond acceptors (Lipinski definition) is 12. The predicted octanol–water partition coefficient (Wildman–Crippen LogP) is 7.30. The summed E-state index contributed by atoms with van der Waals surface area (Å²) in [5, 5.41) is 35.9. The molecule has 66 heavy (non-hydrogen) atoms. The number of rotatable bonds is 11. The van der Waals surface area contributed by atoms with Gasteiger partial charge in [-0.1, -0.05) is 55.4 Å². The lowest BCUT2D eigenvalue weighted by Gasteiger charge is -2.75. The first-order chi connectivity index (χ1) is 30.9. The number of fused-ring (bicyclic) bond motifs is 8. The lowest BCUT2D eigenvalue weighted by atomic mass is 9.30. The zero-order valence-electron chi connectivity index (χ0n) is 39.8.